The van der Waals surface area contributed by atoms with E-state index in [1.165, 1.54) is 12.1 Å². The summed E-state index contributed by atoms with van der Waals surface area (Å²) >= 11 is 1.67. The van der Waals surface area contributed by atoms with Gasteiger partial charge in [0, 0.05) is 16.2 Å². The third-order valence-corrected chi connectivity index (χ3v) is 6.73. The fourth-order valence-corrected chi connectivity index (χ4v) is 4.52. The molecule has 0 fully saturated rings. The number of thioether (sulfide) groups is 1. The number of amides is 2. The first-order chi connectivity index (χ1) is 17.0. The van der Waals surface area contributed by atoms with Crippen molar-refractivity contribution < 1.29 is 13.7 Å². The van der Waals surface area contributed by atoms with Crippen LogP contribution in [0.3, 0.4) is 0 Å². The Morgan fingerprint density at radius 3 is 2.43 bits per heavy atom. The van der Waals surface area contributed by atoms with Gasteiger partial charge in [-0.25, -0.2) is 9.18 Å². The van der Waals surface area contributed by atoms with Gasteiger partial charge in [-0.05, 0) is 60.7 Å². The molecule has 0 saturated carbocycles. The highest BCUT2D eigenvalue weighted by atomic mass is 32.2. The molecule has 1 atom stereocenters. The molecule has 6 nitrogen and oxygen atoms in total. The molecule has 176 valence electrons. The molecule has 8 heteroatoms. The molecule has 0 aliphatic carbocycles. The minimum absolute atomic E-state index is 0.202. The molecule has 0 saturated heterocycles. The average molecular weight is 487 g/mol. The van der Waals surface area contributed by atoms with Crippen LogP contribution >= 0.6 is 11.8 Å². The lowest BCUT2D eigenvalue weighted by molar-refractivity contribution is 0.203. The van der Waals surface area contributed by atoms with Crippen molar-refractivity contribution in [1.82, 2.24) is 20.4 Å². The Hall–Kier alpha value is -3.91. The third kappa shape index (κ3) is 4.70. The lowest BCUT2D eigenvalue weighted by Gasteiger charge is -2.35. The monoisotopic (exact) mass is 486 g/mol. The number of benzene rings is 3. The van der Waals surface area contributed by atoms with Crippen molar-refractivity contribution >= 4 is 23.4 Å². The largest absolute Gasteiger partial charge is 0.334 e. The van der Waals surface area contributed by atoms with Gasteiger partial charge in [-0.2, -0.15) is 4.98 Å². The Morgan fingerprint density at radius 1 is 1.03 bits per heavy atom. The molecule has 5 rings (SSSR count). The van der Waals surface area contributed by atoms with E-state index in [0.29, 0.717) is 23.8 Å². The summed E-state index contributed by atoms with van der Waals surface area (Å²) in [5.41, 5.74) is 4.00. The van der Waals surface area contributed by atoms with E-state index in [1.54, 1.807) is 28.8 Å². The van der Waals surface area contributed by atoms with Crippen molar-refractivity contribution in [3.63, 3.8) is 0 Å². The summed E-state index contributed by atoms with van der Waals surface area (Å²) in [7, 11) is 0. The zero-order valence-electron chi connectivity index (χ0n) is 19.2. The quantitative estimate of drug-likeness (QED) is 0.324. The number of hydrogen-bond acceptors (Lipinski definition) is 5. The van der Waals surface area contributed by atoms with Gasteiger partial charge in [-0.3, -0.25) is 4.90 Å². The van der Waals surface area contributed by atoms with Crippen molar-refractivity contribution in [2.45, 2.75) is 24.4 Å². The summed E-state index contributed by atoms with van der Waals surface area (Å²) in [5.74, 6) is 0.318. The maximum atomic E-state index is 13.4. The number of carbonyl (C=O) groups is 1. The van der Waals surface area contributed by atoms with Crippen molar-refractivity contribution in [2.75, 3.05) is 6.26 Å². The lowest BCUT2D eigenvalue weighted by Crippen LogP contribution is -2.45. The van der Waals surface area contributed by atoms with Crippen LogP contribution in [0, 0.1) is 5.82 Å². The number of allylic oxidation sites excluding steroid dienone is 1. The second kappa shape index (κ2) is 9.76. The number of hydrogen-bond donors (Lipinski definition) is 1. The van der Waals surface area contributed by atoms with Gasteiger partial charge in [0.05, 0.1) is 18.2 Å². The second-order valence-electron chi connectivity index (χ2n) is 8.16. The fraction of sp³-hybridized carbons (Fsp3) is 0.148. The van der Waals surface area contributed by atoms with Crippen molar-refractivity contribution in [2.24, 2.45) is 0 Å². The first kappa shape index (κ1) is 22.9. The maximum absolute atomic E-state index is 13.4. The highest BCUT2D eigenvalue weighted by molar-refractivity contribution is 7.98. The zero-order valence-corrected chi connectivity index (χ0v) is 20.1. The molecule has 0 spiro atoms. The van der Waals surface area contributed by atoms with Gasteiger partial charge in [-0.1, -0.05) is 47.6 Å². The molecular weight excluding hydrogens is 463 g/mol. The normalized spacial score (nSPS) is 15.9. The van der Waals surface area contributed by atoms with Crippen LogP contribution in [0.1, 0.15) is 30.0 Å². The number of aromatic nitrogens is 2. The van der Waals surface area contributed by atoms with E-state index in [9.17, 15) is 9.18 Å². The van der Waals surface area contributed by atoms with Gasteiger partial charge < -0.3 is 9.84 Å². The molecule has 35 heavy (non-hydrogen) atoms. The van der Waals surface area contributed by atoms with E-state index in [4.69, 9.17) is 4.52 Å². The van der Waals surface area contributed by atoms with Crippen LogP contribution < -0.4 is 5.32 Å². The average Bonchev–Trinajstić information content (AvgIpc) is 3.37. The van der Waals surface area contributed by atoms with Crippen LogP contribution in [-0.4, -0.2) is 27.3 Å². The van der Waals surface area contributed by atoms with Gasteiger partial charge in [0.25, 0.3) is 5.89 Å². The van der Waals surface area contributed by atoms with Gasteiger partial charge in [-0.15, -0.1) is 11.8 Å². The molecule has 1 aliphatic heterocycles. The van der Waals surface area contributed by atoms with E-state index in [0.717, 1.165) is 27.3 Å². The molecule has 3 aromatic carbocycles. The fourth-order valence-electron chi connectivity index (χ4n) is 4.11. The van der Waals surface area contributed by atoms with Gasteiger partial charge >= 0.3 is 6.03 Å². The van der Waals surface area contributed by atoms with Gasteiger partial charge in [0.1, 0.15) is 5.82 Å². The number of nitrogens with one attached hydrogen (secondary N) is 1. The molecular formula is C27H23FN4O2S. The number of nitrogens with zero attached hydrogens (tertiary/aromatic N) is 3. The van der Waals surface area contributed by atoms with Crippen LogP contribution in [0.2, 0.25) is 0 Å². The molecule has 2 heterocycles. The molecule has 1 aliphatic rings. The molecule has 0 bridgehead atoms. The van der Waals surface area contributed by atoms with Crippen LogP contribution in [0.5, 0.6) is 0 Å². The number of urea groups is 1. The lowest BCUT2D eigenvalue weighted by atomic mass is 9.94. The topological polar surface area (TPSA) is 71.3 Å². The number of halogens is 1. The van der Waals surface area contributed by atoms with Gasteiger partial charge in [0.15, 0.2) is 0 Å². The van der Waals surface area contributed by atoms with E-state index in [2.05, 4.69) is 15.5 Å². The third-order valence-electron chi connectivity index (χ3n) is 5.99. The summed E-state index contributed by atoms with van der Waals surface area (Å²) in [4.78, 5) is 20.7. The van der Waals surface area contributed by atoms with Crippen LogP contribution in [-0.2, 0) is 6.54 Å². The standard InChI is InChI=1S/C27H23FN4O2S/c1-17-23(26-30-25(31-34-26)20-10-12-21(28)13-11-20)24(19-6-4-3-5-7-19)29-27(33)32(17)16-18-8-14-22(35-2)15-9-18/h3-15,24H,16H2,1-2H3,(H,29,33). The summed E-state index contributed by atoms with van der Waals surface area (Å²) in [5, 5.41) is 7.23. The Kier molecular flexibility index (Phi) is 6.37. The number of rotatable bonds is 6. The molecule has 1 unspecified atom stereocenters. The summed E-state index contributed by atoms with van der Waals surface area (Å²) < 4.78 is 19.1. The summed E-state index contributed by atoms with van der Waals surface area (Å²) in [6.45, 7) is 2.29. The van der Waals surface area contributed by atoms with Crippen LogP contribution in [0.15, 0.2) is 94.0 Å². The molecule has 1 aromatic heterocycles. The minimum atomic E-state index is -0.458. The summed E-state index contributed by atoms with van der Waals surface area (Å²) in [6, 6.07) is 23.1. The van der Waals surface area contributed by atoms with Crippen LogP contribution in [0.4, 0.5) is 9.18 Å². The SMILES string of the molecule is CSc1ccc(CN2C(=O)NC(c3ccccc3)C(c3nc(-c4ccc(F)cc4)no3)=C2C)cc1. The Labute approximate surface area is 206 Å². The molecule has 0 radical (unpaired) electrons. The smallest absolute Gasteiger partial charge is 0.322 e. The molecule has 2 amide bonds. The molecule has 1 N–H and O–H groups in total. The second-order valence-corrected chi connectivity index (χ2v) is 9.04. The minimum Gasteiger partial charge on any atom is -0.334 e. The predicted octanol–water partition coefficient (Wildman–Crippen LogP) is 6.30. The highest BCUT2D eigenvalue weighted by Crippen LogP contribution is 2.37. The summed E-state index contributed by atoms with van der Waals surface area (Å²) in [6.07, 6.45) is 2.03. The first-order valence-electron chi connectivity index (χ1n) is 11.1. The molecule has 4 aromatic rings. The van der Waals surface area contributed by atoms with Crippen molar-refractivity contribution in [3.8, 4) is 11.4 Å². The number of carbonyl (C=O) groups excluding carboxylic acids is 1. The van der Waals surface area contributed by atoms with E-state index in [1.807, 2.05) is 67.8 Å². The van der Waals surface area contributed by atoms with Crippen LogP contribution in [0.25, 0.3) is 17.0 Å². The zero-order chi connectivity index (χ0) is 24.4. The van der Waals surface area contributed by atoms with Gasteiger partial charge in [0.2, 0.25) is 5.82 Å². The Morgan fingerprint density at radius 2 is 1.74 bits per heavy atom. The Bertz CT molecular complexity index is 1370. The van der Waals surface area contributed by atoms with E-state index < -0.39 is 6.04 Å². The first-order valence-corrected chi connectivity index (χ1v) is 12.3. The highest BCUT2D eigenvalue weighted by Gasteiger charge is 2.35. The van der Waals surface area contributed by atoms with Crippen molar-refractivity contribution in [3.05, 3.63) is 107 Å². The van der Waals surface area contributed by atoms with E-state index >= 15 is 0 Å². The predicted molar refractivity (Wildman–Crippen MR) is 134 cm³/mol. The van der Waals surface area contributed by atoms with Crippen molar-refractivity contribution in [1.29, 1.82) is 0 Å². The maximum Gasteiger partial charge on any atom is 0.322 e. The van der Waals surface area contributed by atoms with E-state index in [-0.39, 0.29) is 11.8 Å². The Balaban J connectivity index is 1.56.